The van der Waals surface area contributed by atoms with Crippen molar-refractivity contribution in [3.8, 4) is 0 Å². The summed E-state index contributed by atoms with van der Waals surface area (Å²) in [5, 5.41) is 10.1. The van der Waals surface area contributed by atoms with E-state index in [0.29, 0.717) is 6.61 Å². The molecule has 1 N–H and O–H groups in total. The van der Waals surface area contributed by atoms with Gasteiger partial charge in [0, 0.05) is 12.5 Å². The highest BCUT2D eigenvalue weighted by Crippen LogP contribution is 2.52. The molecule has 0 bridgehead atoms. The van der Waals surface area contributed by atoms with Gasteiger partial charge in [0.25, 0.3) is 0 Å². The zero-order valence-corrected chi connectivity index (χ0v) is 11.2. The highest BCUT2D eigenvalue weighted by Gasteiger charge is 2.58. The van der Waals surface area contributed by atoms with Crippen LogP contribution in [0.5, 0.6) is 0 Å². The van der Waals surface area contributed by atoms with E-state index in [4.69, 9.17) is 14.2 Å². The number of aliphatic hydroxyl groups is 1. The van der Waals surface area contributed by atoms with Gasteiger partial charge >= 0.3 is 0 Å². The lowest BCUT2D eigenvalue weighted by atomic mass is 9.60. The van der Waals surface area contributed by atoms with Gasteiger partial charge in [-0.25, -0.2) is 0 Å². The summed E-state index contributed by atoms with van der Waals surface area (Å²) < 4.78 is 17.1. The minimum absolute atomic E-state index is 0.0637. The molecule has 1 saturated carbocycles. The third-order valence-corrected chi connectivity index (χ3v) is 4.29. The average molecular weight is 244 g/mol. The van der Waals surface area contributed by atoms with Gasteiger partial charge in [-0.3, -0.25) is 0 Å². The second-order valence-electron chi connectivity index (χ2n) is 5.69. The van der Waals surface area contributed by atoms with E-state index in [-0.39, 0.29) is 23.7 Å². The van der Waals surface area contributed by atoms with Gasteiger partial charge < -0.3 is 19.3 Å². The molecule has 1 aliphatic carbocycles. The highest BCUT2D eigenvalue weighted by molar-refractivity contribution is 5.05. The summed E-state index contributed by atoms with van der Waals surface area (Å²) in [5.74, 6) is -0.578. The third kappa shape index (κ3) is 2.12. The number of hydrogen-bond donors (Lipinski definition) is 1. The van der Waals surface area contributed by atoms with Crippen molar-refractivity contribution in [2.75, 3.05) is 13.7 Å². The summed E-state index contributed by atoms with van der Waals surface area (Å²) in [7, 11) is 1.67. The largest absolute Gasteiger partial charge is 0.392 e. The van der Waals surface area contributed by atoms with Crippen LogP contribution in [-0.4, -0.2) is 42.9 Å². The molecule has 1 saturated heterocycles. The average Bonchev–Trinajstić information content (AvgIpc) is 2.54. The Morgan fingerprint density at radius 1 is 1.35 bits per heavy atom. The molecule has 100 valence electrons. The lowest BCUT2D eigenvalue weighted by Crippen LogP contribution is -2.56. The minimum atomic E-state index is -0.578. The predicted molar refractivity (Wildman–Crippen MR) is 63.7 cm³/mol. The number of rotatable bonds is 4. The second kappa shape index (κ2) is 4.50. The molecule has 17 heavy (non-hydrogen) atoms. The summed E-state index contributed by atoms with van der Waals surface area (Å²) in [6.07, 6.45) is 2.38. The molecule has 0 spiro atoms. The van der Waals surface area contributed by atoms with Crippen molar-refractivity contribution in [1.82, 2.24) is 0 Å². The molecule has 4 atom stereocenters. The molecule has 0 aromatic heterocycles. The fourth-order valence-electron chi connectivity index (χ4n) is 3.20. The Bertz CT molecular complexity index is 275. The first kappa shape index (κ1) is 13.3. The van der Waals surface area contributed by atoms with Crippen molar-refractivity contribution in [1.29, 1.82) is 0 Å². The molecule has 2 rings (SSSR count). The van der Waals surface area contributed by atoms with Gasteiger partial charge in [0.2, 0.25) is 0 Å². The summed E-state index contributed by atoms with van der Waals surface area (Å²) in [5.41, 5.74) is -0.142. The number of ether oxygens (including phenoxy) is 3. The van der Waals surface area contributed by atoms with Gasteiger partial charge in [-0.1, -0.05) is 6.92 Å². The van der Waals surface area contributed by atoms with E-state index in [0.717, 1.165) is 19.3 Å². The van der Waals surface area contributed by atoms with E-state index in [1.165, 1.54) is 0 Å². The Balaban J connectivity index is 2.17. The van der Waals surface area contributed by atoms with E-state index in [1.807, 2.05) is 13.8 Å². The van der Waals surface area contributed by atoms with Crippen LogP contribution in [0.3, 0.4) is 0 Å². The molecule has 0 amide bonds. The van der Waals surface area contributed by atoms with Crippen LogP contribution in [0.1, 0.15) is 40.0 Å². The van der Waals surface area contributed by atoms with Crippen molar-refractivity contribution < 1.29 is 19.3 Å². The van der Waals surface area contributed by atoms with E-state index in [9.17, 15) is 5.11 Å². The van der Waals surface area contributed by atoms with Crippen LogP contribution in [0, 0.1) is 5.41 Å². The summed E-state index contributed by atoms with van der Waals surface area (Å²) >= 11 is 0. The quantitative estimate of drug-likeness (QED) is 0.817. The van der Waals surface area contributed by atoms with Crippen molar-refractivity contribution in [2.24, 2.45) is 5.41 Å². The molecular weight excluding hydrogens is 220 g/mol. The van der Waals surface area contributed by atoms with E-state index >= 15 is 0 Å². The van der Waals surface area contributed by atoms with Crippen LogP contribution in [0.4, 0.5) is 0 Å². The van der Waals surface area contributed by atoms with Gasteiger partial charge in [-0.15, -0.1) is 0 Å². The first-order valence-corrected chi connectivity index (χ1v) is 6.48. The summed E-state index contributed by atoms with van der Waals surface area (Å²) in [6, 6.07) is 0. The van der Waals surface area contributed by atoms with E-state index in [1.54, 1.807) is 7.11 Å². The zero-order chi connectivity index (χ0) is 12.7. The molecule has 0 aromatic carbocycles. The minimum Gasteiger partial charge on any atom is -0.392 e. The van der Waals surface area contributed by atoms with Crippen LogP contribution in [-0.2, 0) is 14.2 Å². The van der Waals surface area contributed by atoms with Gasteiger partial charge in [-0.05, 0) is 33.1 Å². The Labute approximate surface area is 103 Å². The summed E-state index contributed by atoms with van der Waals surface area (Å²) in [4.78, 5) is 0. The van der Waals surface area contributed by atoms with Crippen LogP contribution in [0.2, 0.25) is 0 Å². The van der Waals surface area contributed by atoms with E-state index in [2.05, 4.69) is 6.92 Å². The lowest BCUT2D eigenvalue weighted by molar-refractivity contribution is -0.191. The summed E-state index contributed by atoms with van der Waals surface area (Å²) in [6.45, 7) is 6.47. The van der Waals surface area contributed by atoms with Crippen molar-refractivity contribution >= 4 is 0 Å². The van der Waals surface area contributed by atoms with Crippen molar-refractivity contribution in [3.05, 3.63) is 0 Å². The first-order chi connectivity index (χ1) is 7.95. The highest BCUT2D eigenvalue weighted by atomic mass is 16.8. The fraction of sp³-hybridized carbons (Fsp3) is 1.00. The lowest BCUT2D eigenvalue weighted by Gasteiger charge is -2.50. The number of methoxy groups -OCH3 is 1. The van der Waals surface area contributed by atoms with Gasteiger partial charge in [-0.2, -0.15) is 0 Å². The topological polar surface area (TPSA) is 47.9 Å². The predicted octanol–water partition coefficient (Wildman–Crippen LogP) is 1.70. The Morgan fingerprint density at radius 3 is 2.47 bits per heavy atom. The molecule has 2 fully saturated rings. The van der Waals surface area contributed by atoms with Crippen LogP contribution >= 0.6 is 0 Å². The van der Waals surface area contributed by atoms with Crippen LogP contribution in [0.25, 0.3) is 0 Å². The standard InChI is InChI=1S/C13H24O4/c1-5-13(7-6-10(13)14)11-9(8-15-4)16-12(2,3)17-11/h9-11,14H,5-8H2,1-4H3/t9-,10-,11?,13+/m1/s1. The van der Waals surface area contributed by atoms with Gasteiger partial charge in [0.05, 0.1) is 18.8 Å². The molecule has 1 heterocycles. The normalized spacial score (nSPS) is 44.6. The molecule has 1 aliphatic heterocycles. The molecule has 0 radical (unpaired) electrons. The molecular formula is C13H24O4. The SMILES string of the molecule is CC[C@]1(C2OC(C)(C)O[C@@H]2COC)CC[C@H]1O. The second-order valence-corrected chi connectivity index (χ2v) is 5.69. The van der Waals surface area contributed by atoms with Crippen molar-refractivity contribution in [2.45, 2.75) is 64.1 Å². The fourth-order valence-corrected chi connectivity index (χ4v) is 3.20. The molecule has 1 unspecified atom stereocenters. The molecule has 4 nitrogen and oxygen atoms in total. The Morgan fingerprint density at radius 2 is 2.06 bits per heavy atom. The number of aliphatic hydroxyl groups excluding tert-OH is 1. The Kier molecular flexibility index (Phi) is 3.51. The molecule has 2 aliphatic rings. The van der Waals surface area contributed by atoms with Crippen LogP contribution < -0.4 is 0 Å². The Hall–Kier alpha value is -0.160. The van der Waals surface area contributed by atoms with Gasteiger partial charge in [0.15, 0.2) is 5.79 Å². The van der Waals surface area contributed by atoms with E-state index < -0.39 is 5.79 Å². The maximum atomic E-state index is 10.1. The smallest absolute Gasteiger partial charge is 0.163 e. The maximum Gasteiger partial charge on any atom is 0.163 e. The first-order valence-electron chi connectivity index (χ1n) is 6.48. The zero-order valence-electron chi connectivity index (χ0n) is 11.2. The monoisotopic (exact) mass is 244 g/mol. The van der Waals surface area contributed by atoms with Gasteiger partial charge in [0.1, 0.15) is 6.10 Å². The van der Waals surface area contributed by atoms with Crippen LogP contribution in [0.15, 0.2) is 0 Å². The maximum absolute atomic E-state index is 10.1. The van der Waals surface area contributed by atoms with Crippen molar-refractivity contribution in [3.63, 3.8) is 0 Å². The molecule has 0 aromatic rings. The third-order valence-electron chi connectivity index (χ3n) is 4.29. The number of hydrogen-bond acceptors (Lipinski definition) is 4. The molecule has 4 heteroatoms.